The number of rotatable bonds is 4. The molecule has 1 unspecified atom stereocenters. The maximum atomic E-state index is 11.4. The minimum absolute atomic E-state index is 0.221. The van der Waals surface area contributed by atoms with Crippen LogP contribution < -0.4 is 15.8 Å². The predicted molar refractivity (Wildman–Crippen MR) is 69.9 cm³/mol. The summed E-state index contributed by atoms with van der Waals surface area (Å²) in [7, 11) is 0. The first-order valence-electron chi connectivity index (χ1n) is 6.04. The van der Waals surface area contributed by atoms with Crippen molar-refractivity contribution >= 4 is 17.6 Å². The molecule has 19 heavy (non-hydrogen) atoms. The molecule has 2 amide bonds. The molecule has 1 aromatic carbocycles. The average molecular weight is 261 g/mol. The van der Waals surface area contributed by atoms with Crippen LogP contribution >= 0.6 is 0 Å². The van der Waals surface area contributed by atoms with Crippen molar-refractivity contribution < 1.29 is 14.3 Å². The normalized spacial score (nSPS) is 18.8. The first-order chi connectivity index (χ1) is 9.11. The SMILES string of the molecule is CCCOc1ccc(C2=NC(=O)C(N)C(=O)N2)cc1. The van der Waals surface area contributed by atoms with Gasteiger partial charge in [0, 0.05) is 5.56 Å². The molecule has 0 radical (unpaired) electrons. The number of ether oxygens (including phenoxy) is 1. The van der Waals surface area contributed by atoms with Crippen molar-refractivity contribution in [2.24, 2.45) is 10.7 Å². The van der Waals surface area contributed by atoms with E-state index in [2.05, 4.69) is 10.3 Å². The Hall–Kier alpha value is -2.21. The summed E-state index contributed by atoms with van der Waals surface area (Å²) in [6.07, 6.45) is 0.927. The van der Waals surface area contributed by atoms with E-state index >= 15 is 0 Å². The van der Waals surface area contributed by atoms with Crippen LogP contribution in [0.25, 0.3) is 0 Å². The van der Waals surface area contributed by atoms with Crippen molar-refractivity contribution in [2.45, 2.75) is 19.4 Å². The third-order valence-corrected chi connectivity index (χ3v) is 2.61. The predicted octanol–water partition coefficient (Wildman–Crippen LogP) is 0.206. The summed E-state index contributed by atoms with van der Waals surface area (Å²) in [5.41, 5.74) is 5.99. The smallest absolute Gasteiger partial charge is 0.274 e. The van der Waals surface area contributed by atoms with Crippen molar-refractivity contribution in [1.82, 2.24) is 5.32 Å². The lowest BCUT2D eigenvalue weighted by Crippen LogP contribution is -2.52. The number of nitrogens with zero attached hydrogens (tertiary/aromatic N) is 1. The number of carbonyl (C=O) groups excluding carboxylic acids is 2. The fourth-order valence-electron chi connectivity index (χ4n) is 1.58. The monoisotopic (exact) mass is 261 g/mol. The fraction of sp³-hybridized carbons (Fsp3) is 0.308. The molecule has 0 saturated heterocycles. The molecule has 3 N–H and O–H groups in total. The van der Waals surface area contributed by atoms with Gasteiger partial charge in [-0.3, -0.25) is 9.59 Å². The number of nitrogens with one attached hydrogen (secondary N) is 1. The number of amidine groups is 1. The molecule has 1 aliphatic heterocycles. The lowest BCUT2D eigenvalue weighted by molar-refractivity contribution is -0.129. The van der Waals surface area contributed by atoms with E-state index in [1.54, 1.807) is 24.3 Å². The number of hydrogen-bond donors (Lipinski definition) is 2. The van der Waals surface area contributed by atoms with Crippen LogP contribution in [-0.4, -0.2) is 30.3 Å². The Balaban J connectivity index is 2.16. The molecule has 6 nitrogen and oxygen atoms in total. The molecular weight excluding hydrogens is 246 g/mol. The Kier molecular flexibility index (Phi) is 3.91. The quantitative estimate of drug-likeness (QED) is 0.757. The standard InChI is InChI=1S/C13H15N3O3/c1-2-7-19-9-5-3-8(4-6-9)11-15-12(17)10(14)13(18)16-11/h3-6,10H,2,7,14H2,1H3,(H,15,16,17,18). The molecule has 1 heterocycles. The van der Waals surface area contributed by atoms with Crippen LogP contribution in [0.15, 0.2) is 29.3 Å². The number of benzene rings is 1. The molecule has 1 aliphatic rings. The second-order valence-electron chi connectivity index (χ2n) is 4.14. The summed E-state index contributed by atoms with van der Waals surface area (Å²) in [5.74, 6) is -0.221. The third-order valence-electron chi connectivity index (χ3n) is 2.61. The van der Waals surface area contributed by atoms with E-state index in [1.165, 1.54) is 0 Å². The van der Waals surface area contributed by atoms with Gasteiger partial charge in [0.1, 0.15) is 11.6 Å². The zero-order valence-electron chi connectivity index (χ0n) is 10.6. The van der Waals surface area contributed by atoms with Gasteiger partial charge in [0.15, 0.2) is 6.04 Å². The van der Waals surface area contributed by atoms with Crippen LogP contribution in [0, 0.1) is 0 Å². The van der Waals surface area contributed by atoms with Crippen LogP contribution in [0.4, 0.5) is 0 Å². The molecular formula is C13H15N3O3. The molecule has 1 aromatic rings. The van der Waals surface area contributed by atoms with E-state index < -0.39 is 17.9 Å². The number of aliphatic imine (C=N–C) groups is 1. The molecule has 100 valence electrons. The minimum Gasteiger partial charge on any atom is -0.494 e. The highest BCUT2D eigenvalue weighted by Gasteiger charge is 2.28. The van der Waals surface area contributed by atoms with E-state index in [9.17, 15) is 9.59 Å². The topological polar surface area (TPSA) is 93.8 Å². The second-order valence-corrected chi connectivity index (χ2v) is 4.14. The average Bonchev–Trinajstić information content (AvgIpc) is 2.42. The van der Waals surface area contributed by atoms with Crippen LogP contribution in [0.3, 0.4) is 0 Å². The van der Waals surface area contributed by atoms with E-state index in [4.69, 9.17) is 10.5 Å². The zero-order chi connectivity index (χ0) is 13.8. The van der Waals surface area contributed by atoms with Crippen LogP contribution in [0.2, 0.25) is 0 Å². The van der Waals surface area contributed by atoms with Crippen molar-refractivity contribution in [3.63, 3.8) is 0 Å². The molecule has 1 atom stereocenters. The maximum absolute atomic E-state index is 11.4. The zero-order valence-corrected chi connectivity index (χ0v) is 10.6. The minimum atomic E-state index is -1.21. The van der Waals surface area contributed by atoms with E-state index in [0.717, 1.165) is 12.2 Å². The van der Waals surface area contributed by atoms with Gasteiger partial charge in [-0.25, -0.2) is 0 Å². The van der Waals surface area contributed by atoms with Gasteiger partial charge in [0.05, 0.1) is 6.61 Å². The lowest BCUT2D eigenvalue weighted by atomic mass is 10.1. The summed E-state index contributed by atoms with van der Waals surface area (Å²) in [6, 6.07) is 5.77. The second kappa shape index (κ2) is 5.62. The van der Waals surface area contributed by atoms with Crippen LogP contribution in [-0.2, 0) is 9.59 Å². The molecule has 0 aromatic heterocycles. The summed E-state index contributed by atoms with van der Waals surface area (Å²) >= 11 is 0. The van der Waals surface area contributed by atoms with Crippen LogP contribution in [0.1, 0.15) is 18.9 Å². The van der Waals surface area contributed by atoms with Crippen LogP contribution in [0.5, 0.6) is 5.75 Å². The van der Waals surface area contributed by atoms with E-state index in [-0.39, 0.29) is 5.84 Å². The Labute approximate surface area is 110 Å². The van der Waals surface area contributed by atoms with E-state index in [0.29, 0.717) is 12.2 Å². The highest BCUT2D eigenvalue weighted by Crippen LogP contribution is 2.13. The highest BCUT2D eigenvalue weighted by molar-refractivity contribution is 6.22. The first-order valence-corrected chi connectivity index (χ1v) is 6.04. The number of amides is 2. The maximum Gasteiger partial charge on any atom is 0.274 e. The van der Waals surface area contributed by atoms with Gasteiger partial charge in [-0.1, -0.05) is 6.92 Å². The molecule has 2 rings (SSSR count). The van der Waals surface area contributed by atoms with Gasteiger partial charge < -0.3 is 15.8 Å². The Morgan fingerprint density at radius 1 is 1.32 bits per heavy atom. The Morgan fingerprint density at radius 2 is 2.00 bits per heavy atom. The van der Waals surface area contributed by atoms with Crippen molar-refractivity contribution in [3.8, 4) is 5.75 Å². The lowest BCUT2D eigenvalue weighted by Gasteiger charge is -2.17. The first kappa shape index (κ1) is 13.2. The van der Waals surface area contributed by atoms with E-state index in [1.807, 2.05) is 6.92 Å². The van der Waals surface area contributed by atoms with Gasteiger partial charge in [-0.2, -0.15) is 4.99 Å². The highest BCUT2D eigenvalue weighted by atomic mass is 16.5. The molecule has 0 fully saturated rings. The molecule has 0 aliphatic carbocycles. The van der Waals surface area contributed by atoms with Gasteiger partial charge in [0.2, 0.25) is 0 Å². The Morgan fingerprint density at radius 3 is 2.58 bits per heavy atom. The van der Waals surface area contributed by atoms with Gasteiger partial charge in [0.25, 0.3) is 11.8 Å². The summed E-state index contributed by atoms with van der Waals surface area (Å²) in [5, 5.41) is 2.50. The van der Waals surface area contributed by atoms with Gasteiger partial charge in [-0.15, -0.1) is 0 Å². The molecule has 0 bridgehead atoms. The van der Waals surface area contributed by atoms with Crippen molar-refractivity contribution in [3.05, 3.63) is 29.8 Å². The van der Waals surface area contributed by atoms with Gasteiger partial charge >= 0.3 is 0 Å². The number of nitrogens with two attached hydrogens (primary N) is 1. The Bertz CT molecular complexity index is 522. The van der Waals surface area contributed by atoms with Crippen molar-refractivity contribution in [1.29, 1.82) is 0 Å². The summed E-state index contributed by atoms with van der Waals surface area (Å²) in [4.78, 5) is 26.6. The van der Waals surface area contributed by atoms with Crippen molar-refractivity contribution in [2.75, 3.05) is 6.61 Å². The fourth-order valence-corrected chi connectivity index (χ4v) is 1.58. The number of hydrogen-bond acceptors (Lipinski definition) is 4. The third kappa shape index (κ3) is 2.97. The molecule has 0 spiro atoms. The number of carbonyl (C=O) groups is 2. The van der Waals surface area contributed by atoms with Gasteiger partial charge in [-0.05, 0) is 30.7 Å². The largest absolute Gasteiger partial charge is 0.494 e. The molecule has 6 heteroatoms. The summed E-state index contributed by atoms with van der Waals surface area (Å²) in [6.45, 7) is 2.67. The summed E-state index contributed by atoms with van der Waals surface area (Å²) < 4.78 is 5.44. The molecule has 0 saturated carbocycles.